The third-order valence-electron chi connectivity index (χ3n) is 3.43. The summed E-state index contributed by atoms with van der Waals surface area (Å²) in [6.45, 7) is 0.751. The van der Waals surface area contributed by atoms with Crippen LogP contribution >= 0.6 is 0 Å². The highest BCUT2D eigenvalue weighted by Gasteiger charge is 2.27. The standard InChI is InChI=1S/C17H21N3O6/c1-11(8-18)7-13(16(23)24)19-15(22)14(9-21)20-17(25)26-10-12-5-3-2-4-6-12/h2-6,11,13-14,21H,7,9-10H2,1H3,(H,19,22)(H,20,25)(H,23,24)/t11-,13-,14+/m1/s1. The van der Waals surface area contributed by atoms with E-state index in [9.17, 15) is 19.5 Å². The number of nitrogens with one attached hydrogen (secondary N) is 2. The van der Waals surface area contributed by atoms with Gasteiger partial charge < -0.3 is 25.6 Å². The molecule has 1 aromatic carbocycles. The Kier molecular flexibility index (Phi) is 8.60. The van der Waals surface area contributed by atoms with E-state index in [1.807, 2.05) is 12.1 Å². The Labute approximate surface area is 150 Å². The Morgan fingerprint density at radius 3 is 2.38 bits per heavy atom. The van der Waals surface area contributed by atoms with Gasteiger partial charge in [-0.05, 0) is 18.9 Å². The Morgan fingerprint density at radius 1 is 1.19 bits per heavy atom. The van der Waals surface area contributed by atoms with Crippen LogP contribution in [0.15, 0.2) is 30.3 Å². The fraction of sp³-hybridized carbons (Fsp3) is 0.412. The van der Waals surface area contributed by atoms with Gasteiger partial charge >= 0.3 is 12.1 Å². The van der Waals surface area contributed by atoms with E-state index in [0.717, 1.165) is 5.56 Å². The molecule has 1 rings (SSSR count). The first kappa shape index (κ1) is 20.9. The Balaban J connectivity index is 2.57. The van der Waals surface area contributed by atoms with Crippen LogP contribution in [0.3, 0.4) is 0 Å². The maximum absolute atomic E-state index is 12.1. The summed E-state index contributed by atoms with van der Waals surface area (Å²) in [7, 11) is 0. The molecule has 4 N–H and O–H groups in total. The third kappa shape index (κ3) is 7.19. The molecule has 0 bridgehead atoms. The molecule has 140 valence electrons. The van der Waals surface area contributed by atoms with Crippen molar-refractivity contribution in [2.24, 2.45) is 5.92 Å². The van der Waals surface area contributed by atoms with E-state index < -0.39 is 42.6 Å². The monoisotopic (exact) mass is 363 g/mol. The van der Waals surface area contributed by atoms with Gasteiger partial charge in [-0.25, -0.2) is 9.59 Å². The number of nitriles is 1. The SMILES string of the molecule is C[C@@H](C#N)C[C@@H](NC(=O)[C@H](CO)NC(=O)OCc1ccccc1)C(=O)O. The van der Waals surface area contributed by atoms with Crippen molar-refractivity contribution in [1.82, 2.24) is 10.6 Å². The van der Waals surface area contributed by atoms with Crippen LogP contribution in [-0.2, 0) is 20.9 Å². The number of hydrogen-bond acceptors (Lipinski definition) is 6. The Morgan fingerprint density at radius 2 is 1.85 bits per heavy atom. The number of hydrogen-bond donors (Lipinski definition) is 4. The van der Waals surface area contributed by atoms with Crippen LogP contribution in [0.5, 0.6) is 0 Å². The first-order chi connectivity index (χ1) is 12.4. The summed E-state index contributed by atoms with van der Waals surface area (Å²) in [6, 6.07) is 8.04. The molecule has 0 saturated carbocycles. The molecular formula is C17H21N3O6. The number of carboxylic acid groups (broad SMARTS) is 1. The van der Waals surface area contributed by atoms with Gasteiger partial charge in [0.05, 0.1) is 12.7 Å². The fourth-order valence-electron chi connectivity index (χ4n) is 2.00. The first-order valence-electron chi connectivity index (χ1n) is 7.88. The van der Waals surface area contributed by atoms with Crippen LogP contribution in [0.4, 0.5) is 4.79 Å². The number of carbonyl (C=O) groups excluding carboxylic acids is 2. The van der Waals surface area contributed by atoms with E-state index in [0.29, 0.717) is 0 Å². The molecule has 0 aromatic heterocycles. The minimum Gasteiger partial charge on any atom is -0.480 e. The summed E-state index contributed by atoms with van der Waals surface area (Å²) >= 11 is 0. The van der Waals surface area contributed by atoms with Crippen molar-refractivity contribution in [2.45, 2.75) is 32.0 Å². The van der Waals surface area contributed by atoms with E-state index in [4.69, 9.17) is 15.1 Å². The van der Waals surface area contributed by atoms with E-state index in [1.165, 1.54) is 6.92 Å². The highest BCUT2D eigenvalue weighted by Crippen LogP contribution is 2.06. The molecule has 0 unspecified atom stereocenters. The van der Waals surface area contributed by atoms with Gasteiger partial charge in [-0.1, -0.05) is 30.3 Å². The number of ether oxygens (including phenoxy) is 1. The number of nitrogens with zero attached hydrogens (tertiary/aromatic N) is 1. The van der Waals surface area contributed by atoms with Gasteiger partial charge in [0.2, 0.25) is 5.91 Å². The van der Waals surface area contributed by atoms with Gasteiger partial charge in [0.1, 0.15) is 18.7 Å². The molecule has 0 aliphatic carbocycles. The molecule has 1 aromatic rings. The molecule has 0 radical (unpaired) electrons. The van der Waals surface area contributed by atoms with E-state index in [2.05, 4.69) is 10.6 Å². The summed E-state index contributed by atoms with van der Waals surface area (Å²) in [6.07, 6.45) is -1.03. The fourth-order valence-corrected chi connectivity index (χ4v) is 2.00. The van der Waals surface area contributed by atoms with Crippen molar-refractivity contribution < 1.29 is 29.3 Å². The molecule has 2 amide bonds. The second-order valence-corrected chi connectivity index (χ2v) is 5.61. The minimum absolute atomic E-state index is 0.0239. The summed E-state index contributed by atoms with van der Waals surface area (Å²) in [5.41, 5.74) is 0.740. The zero-order chi connectivity index (χ0) is 19.5. The van der Waals surface area contributed by atoms with Gasteiger partial charge in [-0.3, -0.25) is 4.79 Å². The summed E-state index contributed by atoms with van der Waals surface area (Å²) < 4.78 is 4.94. The molecule has 26 heavy (non-hydrogen) atoms. The summed E-state index contributed by atoms with van der Waals surface area (Å²) in [4.78, 5) is 35.0. The van der Waals surface area contributed by atoms with Crippen LogP contribution in [-0.4, -0.2) is 46.9 Å². The molecule has 0 heterocycles. The molecule has 0 saturated heterocycles. The predicted octanol–water partition coefficient (Wildman–Crippen LogP) is 0.393. The molecular weight excluding hydrogens is 342 g/mol. The maximum atomic E-state index is 12.1. The lowest BCUT2D eigenvalue weighted by atomic mass is 10.0. The second-order valence-electron chi connectivity index (χ2n) is 5.61. The smallest absolute Gasteiger partial charge is 0.408 e. The van der Waals surface area contributed by atoms with Crippen LogP contribution in [0.25, 0.3) is 0 Å². The number of carboxylic acids is 1. The Hall–Kier alpha value is -3.12. The largest absolute Gasteiger partial charge is 0.480 e. The van der Waals surface area contributed by atoms with Crippen molar-refractivity contribution in [3.63, 3.8) is 0 Å². The highest BCUT2D eigenvalue weighted by atomic mass is 16.5. The highest BCUT2D eigenvalue weighted by molar-refractivity contribution is 5.89. The molecule has 9 heteroatoms. The number of aliphatic carboxylic acids is 1. The van der Waals surface area contributed by atoms with E-state index in [1.54, 1.807) is 24.3 Å². The van der Waals surface area contributed by atoms with Crippen molar-refractivity contribution in [3.8, 4) is 6.07 Å². The first-order valence-corrected chi connectivity index (χ1v) is 7.88. The number of rotatable bonds is 9. The van der Waals surface area contributed by atoms with Gasteiger partial charge in [0.15, 0.2) is 0 Å². The average molecular weight is 363 g/mol. The maximum Gasteiger partial charge on any atom is 0.408 e. The predicted molar refractivity (Wildman–Crippen MR) is 89.6 cm³/mol. The van der Waals surface area contributed by atoms with Crippen LogP contribution in [0, 0.1) is 17.2 Å². The number of amides is 2. The third-order valence-corrected chi connectivity index (χ3v) is 3.43. The minimum atomic E-state index is -1.38. The zero-order valence-electron chi connectivity index (χ0n) is 14.2. The lowest BCUT2D eigenvalue weighted by molar-refractivity contribution is -0.142. The van der Waals surface area contributed by atoms with Crippen LogP contribution in [0.1, 0.15) is 18.9 Å². The number of aliphatic hydroxyl groups is 1. The molecule has 0 aliphatic rings. The van der Waals surface area contributed by atoms with E-state index in [-0.39, 0.29) is 13.0 Å². The number of aliphatic hydroxyl groups excluding tert-OH is 1. The van der Waals surface area contributed by atoms with Gasteiger partial charge in [-0.15, -0.1) is 0 Å². The number of carbonyl (C=O) groups is 3. The molecule has 0 spiro atoms. The lowest BCUT2D eigenvalue weighted by Crippen LogP contribution is -2.53. The quantitative estimate of drug-likeness (QED) is 0.496. The van der Waals surface area contributed by atoms with Crippen molar-refractivity contribution in [3.05, 3.63) is 35.9 Å². The van der Waals surface area contributed by atoms with Gasteiger partial charge in [-0.2, -0.15) is 5.26 Å². The number of alkyl carbamates (subject to hydrolysis) is 1. The average Bonchev–Trinajstić information content (AvgIpc) is 2.64. The summed E-state index contributed by atoms with van der Waals surface area (Å²) in [5.74, 6) is -2.79. The van der Waals surface area contributed by atoms with Crippen molar-refractivity contribution >= 4 is 18.0 Å². The van der Waals surface area contributed by atoms with Gasteiger partial charge in [0, 0.05) is 5.92 Å². The molecule has 0 fully saturated rings. The topological polar surface area (TPSA) is 149 Å². The van der Waals surface area contributed by atoms with Gasteiger partial charge in [0.25, 0.3) is 0 Å². The molecule has 9 nitrogen and oxygen atoms in total. The normalized spacial score (nSPS) is 13.6. The van der Waals surface area contributed by atoms with Crippen molar-refractivity contribution in [1.29, 1.82) is 5.26 Å². The van der Waals surface area contributed by atoms with Crippen molar-refractivity contribution in [2.75, 3.05) is 6.61 Å². The van der Waals surface area contributed by atoms with Crippen LogP contribution in [0.2, 0.25) is 0 Å². The second kappa shape index (κ2) is 10.7. The Bertz CT molecular complexity index is 658. The lowest BCUT2D eigenvalue weighted by Gasteiger charge is -2.20. The molecule has 0 aliphatic heterocycles. The molecule has 3 atom stereocenters. The van der Waals surface area contributed by atoms with E-state index >= 15 is 0 Å². The summed E-state index contributed by atoms with van der Waals surface area (Å²) in [5, 5.41) is 31.5. The number of benzene rings is 1. The zero-order valence-corrected chi connectivity index (χ0v) is 14.2. The van der Waals surface area contributed by atoms with Crippen LogP contribution < -0.4 is 10.6 Å².